The van der Waals surface area contributed by atoms with Gasteiger partial charge in [-0.05, 0) is 33.1 Å². The molecule has 0 saturated carbocycles. The van der Waals surface area contributed by atoms with Crippen molar-refractivity contribution in [1.29, 1.82) is 0 Å². The third-order valence-corrected chi connectivity index (χ3v) is 5.17. The van der Waals surface area contributed by atoms with E-state index in [0.29, 0.717) is 23.6 Å². The molecule has 0 radical (unpaired) electrons. The van der Waals surface area contributed by atoms with Crippen LogP contribution in [0.2, 0.25) is 5.15 Å². The van der Waals surface area contributed by atoms with Crippen molar-refractivity contribution in [2.45, 2.75) is 39.2 Å². The van der Waals surface area contributed by atoms with Crippen LogP contribution in [0.1, 0.15) is 32.0 Å². The quantitative estimate of drug-likeness (QED) is 0.779. The summed E-state index contributed by atoms with van der Waals surface area (Å²) in [5.74, 6) is 1.84. The molecule has 1 aromatic rings. The lowest BCUT2D eigenvalue weighted by atomic mass is 10.0. The summed E-state index contributed by atoms with van der Waals surface area (Å²) < 4.78 is 0. The average Bonchev–Trinajstić information content (AvgIpc) is 2.55. The molecule has 2 saturated heterocycles. The number of hydrogen-bond donors (Lipinski definition) is 0. The molecule has 6 nitrogen and oxygen atoms in total. The smallest absolute Gasteiger partial charge is 0.236 e. The molecule has 132 valence electrons. The van der Waals surface area contributed by atoms with Crippen molar-refractivity contribution in [2.75, 3.05) is 44.2 Å². The molecular formula is C17H26ClN5O. The molecule has 1 aromatic heterocycles. The van der Waals surface area contributed by atoms with E-state index >= 15 is 0 Å². The normalized spacial score (nSPS) is 22.7. The molecule has 1 amide bonds. The van der Waals surface area contributed by atoms with Gasteiger partial charge in [-0.1, -0.05) is 11.6 Å². The van der Waals surface area contributed by atoms with Crippen LogP contribution in [-0.4, -0.2) is 71.0 Å². The van der Waals surface area contributed by atoms with Gasteiger partial charge in [-0.3, -0.25) is 9.69 Å². The summed E-state index contributed by atoms with van der Waals surface area (Å²) in [5, 5.41) is 0.481. The second kappa shape index (κ2) is 7.66. The number of carbonyl (C=O) groups excluding carboxylic acids is 1. The third kappa shape index (κ3) is 4.16. The molecule has 2 aliphatic rings. The summed E-state index contributed by atoms with van der Waals surface area (Å²) in [7, 11) is 0. The second-order valence-electron chi connectivity index (χ2n) is 6.79. The molecule has 3 rings (SSSR count). The van der Waals surface area contributed by atoms with E-state index in [4.69, 9.17) is 11.6 Å². The fraction of sp³-hybridized carbons (Fsp3) is 0.706. The molecule has 0 aromatic carbocycles. The number of halogens is 1. The summed E-state index contributed by atoms with van der Waals surface area (Å²) in [6, 6.07) is 2.20. The lowest BCUT2D eigenvalue weighted by molar-refractivity contribution is -0.135. The van der Waals surface area contributed by atoms with E-state index in [1.165, 1.54) is 6.42 Å². The Morgan fingerprint density at radius 1 is 1.21 bits per heavy atom. The molecule has 7 heteroatoms. The fourth-order valence-corrected chi connectivity index (χ4v) is 3.78. The van der Waals surface area contributed by atoms with Crippen molar-refractivity contribution in [3.05, 3.63) is 17.0 Å². The van der Waals surface area contributed by atoms with Crippen LogP contribution in [-0.2, 0) is 4.79 Å². The van der Waals surface area contributed by atoms with Crippen LogP contribution in [0.4, 0.5) is 5.82 Å². The second-order valence-corrected chi connectivity index (χ2v) is 7.18. The van der Waals surface area contributed by atoms with Crippen molar-refractivity contribution >= 4 is 23.3 Å². The summed E-state index contributed by atoms with van der Waals surface area (Å²) in [4.78, 5) is 27.6. The lowest BCUT2D eigenvalue weighted by Crippen LogP contribution is -2.52. The fourth-order valence-electron chi connectivity index (χ4n) is 3.56. The van der Waals surface area contributed by atoms with Gasteiger partial charge in [-0.2, -0.15) is 0 Å². The van der Waals surface area contributed by atoms with Crippen molar-refractivity contribution in [1.82, 2.24) is 19.8 Å². The van der Waals surface area contributed by atoms with Gasteiger partial charge in [0, 0.05) is 44.8 Å². The van der Waals surface area contributed by atoms with E-state index in [1.54, 1.807) is 0 Å². The summed E-state index contributed by atoms with van der Waals surface area (Å²) in [6.07, 6.45) is 3.51. The molecule has 24 heavy (non-hydrogen) atoms. The van der Waals surface area contributed by atoms with Gasteiger partial charge >= 0.3 is 0 Å². The molecule has 1 unspecified atom stereocenters. The number of aromatic nitrogens is 2. The van der Waals surface area contributed by atoms with Crippen LogP contribution >= 0.6 is 11.6 Å². The number of aryl methyl sites for hydroxylation is 1. The first-order chi connectivity index (χ1) is 11.5. The molecule has 0 spiro atoms. The van der Waals surface area contributed by atoms with E-state index in [0.717, 1.165) is 51.4 Å². The van der Waals surface area contributed by atoms with E-state index in [-0.39, 0.29) is 5.91 Å². The monoisotopic (exact) mass is 351 g/mol. The number of amides is 1. The van der Waals surface area contributed by atoms with Gasteiger partial charge in [0.2, 0.25) is 5.91 Å². The van der Waals surface area contributed by atoms with E-state index < -0.39 is 0 Å². The Hall–Kier alpha value is -1.40. The molecule has 2 fully saturated rings. The Balaban J connectivity index is 1.52. The number of piperidine rings is 1. The van der Waals surface area contributed by atoms with Crippen molar-refractivity contribution in [3.8, 4) is 0 Å². The van der Waals surface area contributed by atoms with Crippen LogP contribution in [0.5, 0.6) is 0 Å². The number of nitrogens with zero attached hydrogens (tertiary/aromatic N) is 5. The van der Waals surface area contributed by atoms with E-state index in [1.807, 2.05) is 13.0 Å². The number of rotatable bonds is 3. The predicted octanol–water partition coefficient (Wildman–Crippen LogP) is 1.96. The summed E-state index contributed by atoms with van der Waals surface area (Å²) in [5.41, 5.74) is 0. The maximum atomic E-state index is 12.6. The maximum Gasteiger partial charge on any atom is 0.236 e. The van der Waals surface area contributed by atoms with Gasteiger partial charge in [0.15, 0.2) is 0 Å². The zero-order valence-electron chi connectivity index (χ0n) is 14.5. The van der Waals surface area contributed by atoms with Crippen LogP contribution in [0.3, 0.4) is 0 Å². The Bertz CT molecular complexity index is 568. The van der Waals surface area contributed by atoms with Crippen LogP contribution in [0.15, 0.2) is 6.07 Å². The number of carbonyl (C=O) groups is 1. The Kier molecular flexibility index (Phi) is 5.56. The predicted molar refractivity (Wildman–Crippen MR) is 95.5 cm³/mol. The molecule has 0 N–H and O–H groups in total. The lowest BCUT2D eigenvalue weighted by Gasteiger charge is -2.38. The van der Waals surface area contributed by atoms with Crippen LogP contribution in [0.25, 0.3) is 0 Å². The highest BCUT2D eigenvalue weighted by atomic mass is 35.5. The first kappa shape index (κ1) is 17.4. The number of anilines is 1. The Labute approximate surface area is 148 Å². The first-order valence-corrected chi connectivity index (χ1v) is 9.18. The molecular weight excluding hydrogens is 326 g/mol. The van der Waals surface area contributed by atoms with Crippen LogP contribution in [0, 0.1) is 6.92 Å². The van der Waals surface area contributed by atoms with Crippen molar-refractivity contribution in [2.24, 2.45) is 0 Å². The standard InChI is InChI=1S/C17H26ClN5O/c1-13-5-3-4-6-23(13)17(24)12-21-7-9-22(10-8-21)16-11-15(18)19-14(2)20-16/h11,13H,3-10,12H2,1-2H3. The van der Waals surface area contributed by atoms with Crippen LogP contribution < -0.4 is 4.90 Å². The largest absolute Gasteiger partial charge is 0.354 e. The minimum atomic E-state index is 0.275. The molecule has 3 heterocycles. The van der Waals surface area contributed by atoms with Gasteiger partial charge < -0.3 is 9.80 Å². The SMILES string of the molecule is Cc1nc(Cl)cc(N2CCN(CC(=O)N3CCCCC3C)CC2)n1. The maximum absolute atomic E-state index is 12.6. The van der Waals surface area contributed by atoms with Gasteiger partial charge in [-0.25, -0.2) is 9.97 Å². The van der Waals surface area contributed by atoms with Gasteiger partial charge in [0.05, 0.1) is 6.54 Å². The number of likely N-dealkylation sites (tertiary alicyclic amines) is 1. The molecule has 0 aliphatic carbocycles. The van der Waals surface area contributed by atoms with Gasteiger partial charge in [0.25, 0.3) is 0 Å². The van der Waals surface area contributed by atoms with Gasteiger partial charge in [0.1, 0.15) is 16.8 Å². The Morgan fingerprint density at radius 3 is 2.62 bits per heavy atom. The minimum Gasteiger partial charge on any atom is -0.354 e. The molecule has 1 atom stereocenters. The Morgan fingerprint density at radius 2 is 1.96 bits per heavy atom. The zero-order valence-corrected chi connectivity index (χ0v) is 15.3. The molecule has 2 aliphatic heterocycles. The van der Waals surface area contributed by atoms with Gasteiger partial charge in [-0.15, -0.1) is 0 Å². The summed E-state index contributed by atoms with van der Waals surface area (Å²) >= 11 is 6.03. The molecule has 0 bridgehead atoms. The van der Waals surface area contributed by atoms with E-state index in [2.05, 4.69) is 31.6 Å². The van der Waals surface area contributed by atoms with Crippen molar-refractivity contribution in [3.63, 3.8) is 0 Å². The number of hydrogen-bond acceptors (Lipinski definition) is 5. The van der Waals surface area contributed by atoms with E-state index in [9.17, 15) is 4.79 Å². The average molecular weight is 352 g/mol. The number of piperazine rings is 1. The van der Waals surface area contributed by atoms with Crippen molar-refractivity contribution < 1.29 is 4.79 Å². The minimum absolute atomic E-state index is 0.275. The highest BCUT2D eigenvalue weighted by Gasteiger charge is 2.26. The first-order valence-electron chi connectivity index (χ1n) is 8.81. The third-order valence-electron chi connectivity index (χ3n) is 4.97. The highest BCUT2D eigenvalue weighted by Crippen LogP contribution is 2.19. The summed E-state index contributed by atoms with van der Waals surface area (Å²) in [6.45, 7) is 8.91. The zero-order chi connectivity index (χ0) is 17.1. The topological polar surface area (TPSA) is 52.6 Å². The highest BCUT2D eigenvalue weighted by molar-refractivity contribution is 6.29.